The molecule has 0 bridgehead atoms. The third-order valence-electron chi connectivity index (χ3n) is 4.84. The first-order chi connectivity index (χ1) is 12.7. The van der Waals surface area contributed by atoms with Crippen LogP contribution in [0.1, 0.15) is 23.2 Å². The van der Waals surface area contributed by atoms with E-state index in [1.807, 2.05) is 30.3 Å². The van der Waals surface area contributed by atoms with Gasteiger partial charge < -0.3 is 15.2 Å². The summed E-state index contributed by atoms with van der Waals surface area (Å²) in [5.74, 6) is 1.71. The Morgan fingerprint density at radius 3 is 2.81 bits per heavy atom. The monoisotopic (exact) mass is 350 g/mol. The molecule has 0 fully saturated rings. The van der Waals surface area contributed by atoms with Crippen molar-refractivity contribution in [1.82, 2.24) is 20.1 Å². The van der Waals surface area contributed by atoms with Crippen LogP contribution in [0.25, 0.3) is 5.82 Å². The number of methoxy groups -OCH3 is 1. The summed E-state index contributed by atoms with van der Waals surface area (Å²) in [7, 11) is 1.67. The third kappa shape index (κ3) is 3.28. The van der Waals surface area contributed by atoms with Gasteiger partial charge in [-0.3, -0.25) is 0 Å². The number of nitrogens with zero attached hydrogens (tertiary/aromatic N) is 3. The number of rotatable bonds is 5. The van der Waals surface area contributed by atoms with Gasteiger partial charge in [0.15, 0.2) is 5.82 Å². The van der Waals surface area contributed by atoms with Crippen LogP contribution in [0, 0.1) is 0 Å². The number of pyridine rings is 1. The first-order valence-corrected chi connectivity index (χ1v) is 8.82. The standard InChI is InChI=1S/C20H22N4O2/c1-26-16-8-5-14(6-9-16)13-22-15-7-10-18-17(12-15)20(25)24(23-18)19-4-2-3-11-21-19/h2-6,8-9,11,15,22,25H,7,10,12-13H2,1H3. The van der Waals surface area contributed by atoms with Crippen LogP contribution in [0.3, 0.4) is 0 Å². The number of benzene rings is 1. The molecule has 0 spiro atoms. The van der Waals surface area contributed by atoms with Crippen molar-refractivity contribution >= 4 is 0 Å². The topological polar surface area (TPSA) is 72.2 Å². The number of aryl methyl sites for hydroxylation is 1. The summed E-state index contributed by atoms with van der Waals surface area (Å²) in [5, 5.41) is 18.8. The van der Waals surface area contributed by atoms with E-state index in [2.05, 4.69) is 27.5 Å². The van der Waals surface area contributed by atoms with Crippen molar-refractivity contribution < 1.29 is 9.84 Å². The second-order valence-corrected chi connectivity index (χ2v) is 6.52. The quantitative estimate of drug-likeness (QED) is 0.740. The minimum Gasteiger partial charge on any atom is -0.497 e. The molecule has 2 heterocycles. The lowest BCUT2D eigenvalue weighted by molar-refractivity contribution is 0.411. The molecule has 1 aliphatic rings. The van der Waals surface area contributed by atoms with Crippen LogP contribution >= 0.6 is 0 Å². The summed E-state index contributed by atoms with van der Waals surface area (Å²) < 4.78 is 6.73. The lowest BCUT2D eigenvalue weighted by Crippen LogP contribution is -2.33. The van der Waals surface area contributed by atoms with E-state index in [-0.39, 0.29) is 5.88 Å². The van der Waals surface area contributed by atoms with Crippen molar-refractivity contribution in [3.63, 3.8) is 0 Å². The smallest absolute Gasteiger partial charge is 0.219 e. The number of hydrogen-bond donors (Lipinski definition) is 2. The van der Waals surface area contributed by atoms with E-state index in [9.17, 15) is 5.11 Å². The van der Waals surface area contributed by atoms with Crippen molar-refractivity contribution in [2.75, 3.05) is 7.11 Å². The van der Waals surface area contributed by atoms with E-state index < -0.39 is 0 Å². The van der Waals surface area contributed by atoms with Gasteiger partial charge in [0.1, 0.15) is 5.75 Å². The van der Waals surface area contributed by atoms with Gasteiger partial charge in [0.05, 0.1) is 12.8 Å². The summed E-state index contributed by atoms with van der Waals surface area (Å²) in [6.45, 7) is 0.791. The molecular formula is C20H22N4O2. The predicted molar refractivity (Wildman–Crippen MR) is 98.7 cm³/mol. The molecule has 0 aliphatic heterocycles. The highest BCUT2D eigenvalue weighted by atomic mass is 16.5. The maximum absolute atomic E-state index is 10.6. The zero-order valence-corrected chi connectivity index (χ0v) is 14.7. The normalized spacial score (nSPS) is 16.3. The summed E-state index contributed by atoms with van der Waals surface area (Å²) in [4.78, 5) is 4.28. The average Bonchev–Trinajstić information content (AvgIpc) is 3.03. The molecule has 1 aromatic carbocycles. The molecule has 134 valence electrons. The van der Waals surface area contributed by atoms with Crippen LogP contribution in [0.2, 0.25) is 0 Å². The van der Waals surface area contributed by atoms with Gasteiger partial charge in [-0.05, 0) is 49.1 Å². The Bertz CT molecular complexity index is 875. The summed E-state index contributed by atoms with van der Waals surface area (Å²) >= 11 is 0. The predicted octanol–water partition coefficient (Wildman–Crippen LogP) is 2.63. The van der Waals surface area contributed by atoms with Crippen LogP contribution in [-0.4, -0.2) is 33.0 Å². The Hall–Kier alpha value is -2.86. The van der Waals surface area contributed by atoms with Crippen molar-refractivity contribution in [2.45, 2.75) is 31.8 Å². The Morgan fingerprint density at radius 1 is 1.23 bits per heavy atom. The molecule has 1 unspecified atom stereocenters. The molecule has 1 atom stereocenters. The van der Waals surface area contributed by atoms with Gasteiger partial charge in [-0.15, -0.1) is 0 Å². The number of ether oxygens (including phenoxy) is 1. The van der Waals surface area contributed by atoms with Crippen molar-refractivity contribution in [3.8, 4) is 17.4 Å². The highest BCUT2D eigenvalue weighted by Gasteiger charge is 2.26. The molecule has 2 N–H and O–H groups in total. The Balaban J connectivity index is 1.45. The van der Waals surface area contributed by atoms with Gasteiger partial charge in [-0.2, -0.15) is 9.78 Å². The van der Waals surface area contributed by atoms with Crippen LogP contribution in [0.4, 0.5) is 0 Å². The highest BCUT2D eigenvalue weighted by molar-refractivity contribution is 5.39. The zero-order chi connectivity index (χ0) is 17.9. The highest BCUT2D eigenvalue weighted by Crippen LogP contribution is 2.30. The molecule has 6 nitrogen and oxygen atoms in total. The summed E-state index contributed by atoms with van der Waals surface area (Å²) in [5.41, 5.74) is 3.11. The molecule has 4 rings (SSSR count). The molecule has 26 heavy (non-hydrogen) atoms. The van der Waals surface area contributed by atoms with Gasteiger partial charge in [0.2, 0.25) is 5.88 Å². The van der Waals surface area contributed by atoms with E-state index in [1.165, 1.54) is 10.2 Å². The summed E-state index contributed by atoms with van der Waals surface area (Å²) in [6, 6.07) is 14.0. The summed E-state index contributed by atoms with van der Waals surface area (Å²) in [6.07, 6.45) is 4.32. The average molecular weight is 350 g/mol. The zero-order valence-electron chi connectivity index (χ0n) is 14.7. The number of fused-ring (bicyclic) bond motifs is 1. The largest absolute Gasteiger partial charge is 0.497 e. The molecule has 2 aromatic heterocycles. The van der Waals surface area contributed by atoms with Gasteiger partial charge >= 0.3 is 0 Å². The fraction of sp³-hybridized carbons (Fsp3) is 0.300. The SMILES string of the molecule is COc1ccc(CNC2CCc3nn(-c4ccccn4)c(O)c3C2)cc1. The Morgan fingerprint density at radius 2 is 2.08 bits per heavy atom. The first-order valence-electron chi connectivity index (χ1n) is 8.82. The molecular weight excluding hydrogens is 328 g/mol. The lowest BCUT2D eigenvalue weighted by atomic mass is 9.93. The first kappa shape index (κ1) is 16.6. The van der Waals surface area contributed by atoms with E-state index in [1.54, 1.807) is 13.3 Å². The molecule has 0 radical (unpaired) electrons. The maximum atomic E-state index is 10.6. The van der Waals surface area contributed by atoms with Gasteiger partial charge in [-0.1, -0.05) is 18.2 Å². The molecule has 0 saturated carbocycles. The Kier molecular flexibility index (Phi) is 4.58. The van der Waals surface area contributed by atoms with Crippen LogP contribution in [-0.2, 0) is 19.4 Å². The van der Waals surface area contributed by atoms with Crippen molar-refractivity contribution in [1.29, 1.82) is 0 Å². The van der Waals surface area contributed by atoms with Gasteiger partial charge in [0, 0.05) is 24.3 Å². The van der Waals surface area contributed by atoms with Gasteiger partial charge in [0.25, 0.3) is 0 Å². The fourth-order valence-electron chi connectivity index (χ4n) is 3.37. The van der Waals surface area contributed by atoms with E-state index >= 15 is 0 Å². The second-order valence-electron chi connectivity index (χ2n) is 6.52. The fourth-order valence-corrected chi connectivity index (χ4v) is 3.37. The number of aromatic nitrogens is 3. The third-order valence-corrected chi connectivity index (χ3v) is 4.84. The van der Waals surface area contributed by atoms with E-state index in [0.717, 1.165) is 42.8 Å². The molecule has 6 heteroatoms. The second kappa shape index (κ2) is 7.17. The van der Waals surface area contributed by atoms with E-state index in [0.29, 0.717) is 11.9 Å². The maximum Gasteiger partial charge on any atom is 0.219 e. The van der Waals surface area contributed by atoms with Crippen LogP contribution in [0.5, 0.6) is 11.6 Å². The number of aromatic hydroxyl groups is 1. The Labute approximate surface area is 152 Å². The minimum atomic E-state index is 0.203. The lowest BCUT2D eigenvalue weighted by Gasteiger charge is -2.22. The van der Waals surface area contributed by atoms with Gasteiger partial charge in [-0.25, -0.2) is 4.98 Å². The molecule has 3 aromatic rings. The molecule has 0 amide bonds. The number of hydrogen-bond acceptors (Lipinski definition) is 5. The molecule has 1 aliphatic carbocycles. The van der Waals surface area contributed by atoms with Crippen LogP contribution < -0.4 is 10.1 Å². The molecule has 0 saturated heterocycles. The van der Waals surface area contributed by atoms with E-state index in [4.69, 9.17) is 4.74 Å². The van der Waals surface area contributed by atoms with Crippen molar-refractivity contribution in [2.24, 2.45) is 0 Å². The van der Waals surface area contributed by atoms with Crippen molar-refractivity contribution in [3.05, 3.63) is 65.5 Å². The minimum absolute atomic E-state index is 0.203. The number of nitrogens with one attached hydrogen (secondary N) is 1. The van der Waals surface area contributed by atoms with Crippen LogP contribution in [0.15, 0.2) is 48.7 Å².